The first-order valence-corrected chi connectivity index (χ1v) is 10.6. The first-order chi connectivity index (χ1) is 15.2. The highest BCUT2D eigenvalue weighted by Crippen LogP contribution is 2.43. The number of anilines is 1. The number of H-pyrrole nitrogens is 1. The van der Waals surface area contributed by atoms with Crippen molar-refractivity contribution < 1.29 is 4.79 Å². The van der Waals surface area contributed by atoms with E-state index in [9.17, 15) is 4.79 Å². The average Bonchev–Trinajstić information content (AvgIpc) is 3.51. The normalized spacial score (nSPS) is 16.5. The first-order valence-electron chi connectivity index (χ1n) is 10.6. The predicted molar refractivity (Wildman–Crippen MR) is 118 cm³/mol. The summed E-state index contributed by atoms with van der Waals surface area (Å²) in [7, 11) is 0. The molecule has 2 aliphatic rings. The van der Waals surface area contributed by atoms with Gasteiger partial charge in [-0.2, -0.15) is 5.10 Å². The second-order valence-corrected chi connectivity index (χ2v) is 8.16. The fourth-order valence-corrected chi connectivity index (χ4v) is 4.81. The number of aromatic nitrogens is 4. The van der Waals surface area contributed by atoms with E-state index in [1.807, 2.05) is 23.1 Å². The number of carbonyl (C=O) groups excluding carboxylic acids is 1. The van der Waals surface area contributed by atoms with Crippen LogP contribution in [-0.2, 0) is 5.54 Å². The van der Waals surface area contributed by atoms with Gasteiger partial charge in [-0.15, -0.1) is 0 Å². The lowest BCUT2D eigenvalue weighted by Crippen LogP contribution is -2.51. The van der Waals surface area contributed by atoms with Gasteiger partial charge in [0.15, 0.2) is 0 Å². The van der Waals surface area contributed by atoms with E-state index in [0.717, 1.165) is 24.2 Å². The molecule has 0 atom stereocenters. The highest BCUT2D eigenvalue weighted by Gasteiger charge is 2.42. The van der Waals surface area contributed by atoms with Crippen LogP contribution in [0.15, 0.2) is 73.1 Å². The summed E-state index contributed by atoms with van der Waals surface area (Å²) in [4.78, 5) is 19.3. The van der Waals surface area contributed by atoms with Crippen LogP contribution in [0.25, 0.3) is 17.1 Å². The molecule has 1 aromatic carbocycles. The van der Waals surface area contributed by atoms with E-state index in [0.29, 0.717) is 24.5 Å². The van der Waals surface area contributed by atoms with Gasteiger partial charge in [0.25, 0.3) is 5.91 Å². The van der Waals surface area contributed by atoms with Crippen LogP contribution in [0.1, 0.15) is 29.0 Å². The second-order valence-electron chi connectivity index (χ2n) is 8.16. The predicted octanol–water partition coefficient (Wildman–Crippen LogP) is 3.82. The molecule has 1 saturated heterocycles. The third-order valence-electron chi connectivity index (χ3n) is 6.42. The Kier molecular flexibility index (Phi) is 3.96. The van der Waals surface area contributed by atoms with Crippen LogP contribution in [-0.4, -0.2) is 43.6 Å². The molecule has 0 unspecified atom stereocenters. The molecule has 3 aromatic heterocycles. The van der Waals surface area contributed by atoms with Crippen LogP contribution in [0.3, 0.4) is 0 Å². The number of benzene rings is 1. The maximum atomic E-state index is 13.1. The van der Waals surface area contributed by atoms with Gasteiger partial charge < -0.3 is 14.8 Å². The van der Waals surface area contributed by atoms with E-state index in [4.69, 9.17) is 0 Å². The molecule has 1 amide bonds. The standard InChI is InChI=1S/C24H22N6O/c31-23(20-16-19(27-28-20)17-6-3-4-12-25-17)29-14-10-24(11-15-29)22-9-5-13-30(22)21-8-2-1-7-18(21)26-24/h1-9,12-13,16,26H,10-11,14-15H2,(H,27,28). The SMILES string of the molecule is O=C(c1cc(-c2ccccn2)n[nH]1)N1CCC2(CC1)Nc1ccccc1-n1cccc12. The number of rotatable bonds is 2. The molecule has 4 aromatic rings. The van der Waals surface area contributed by atoms with Gasteiger partial charge in [-0.25, -0.2) is 0 Å². The Morgan fingerprint density at radius 1 is 0.968 bits per heavy atom. The van der Waals surface area contributed by atoms with E-state index in [1.54, 1.807) is 12.3 Å². The molecule has 7 heteroatoms. The summed E-state index contributed by atoms with van der Waals surface area (Å²) in [5, 5.41) is 11.0. The zero-order valence-electron chi connectivity index (χ0n) is 17.0. The van der Waals surface area contributed by atoms with Crippen LogP contribution in [0.2, 0.25) is 0 Å². The largest absolute Gasteiger partial charge is 0.372 e. The lowest BCUT2D eigenvalue weighted by molar-refractivity contribution is 0.0670. The second kappa shape index (κ2) is 6.84. The molecule has 2 N–H and O–H groups in total. The highest BCUT2D eigenvalue weighted by atomic mass is 16.2. The summed E-state index contributed by atoms with van der Waals surface area (Å²) in [5.41, 5.74) is 5.34. The molecule has 0 saturated carbocycles. The Hall–Kier alpha value is -3.87. The molecule has 7 nitrogen and oxygen atoms in total. The summed E-state index contributed by atoms with van der Waals surface area (Å²) < 4.78 is 2.28. The Balaban J connectivity index is 1.22. The number of para-hydroxylation sites is 2. The summed E-state index contributed by atoms with van der Waals surface area (Å²) in [6, 6.07) is 20.1. The van der Waals surface area contributed by atoms with Crippen LogP contribution >= 0.6 is 0 Å². The zero-order valence-corrected chi connectivity index (χ0v) is 17.0. The molecule has 1 fully saturated rings. The molecule has 5 heterocycles. The molecule has 31 heavy (non-hydrogen) atoms. The van der Waals surface area contributed by atoms with Crippen LogP contribution < -0.4 is 5.32 Å². The minimum Gasteiger partial charge on any atom is -0.372 e. The third kappa shape index (κ3) is 2.84. The Bertz CT molecular complexity index is 1250. The molecule has 154 valence electrons. The fraction of sp³-hybridized carbons (Fsp3) is 0.208. The maximum absolute atomic E-state index is 13.1. The van der Waals surface area contributed by atoms with E-state index < -0.39 is 0 Å². The zero-order chi connectivity index (χ0) is 20.8. The van der Waals surface area contributed by atoms with Gasteiger partial charge in [-0.1, -0.05) is 18.2 Å². The van der Waals surface area contributed by atoms with Crippen LogP contribution in [0.5, 0.6) is 0 Å². The monoisotopic (exact) mass is 410 g/mol. The molecular weight excluding hydrogens is 388 g/mol. The Morgan fingerprint density at radius 2 is 1.81 bits per heavy atom. The molecule has 0 radical (unpaired) electrons. The lowest BCUT2D eigenvalue weighted by atomic mass is 9.82. The van der Waals surface area contributed by atoms with Gasteiger partial charge in [0.1, 0.15) is 11.4 Å². The number of aromatic amines is 1. The number of amides is 1. The van der Waals surface area contributed by atoms with E-state index in [-0.39, 0.29) is 11.4 Å². The van der Waals surface area contributed by atoms with Crippen molar-refractivity contribution in [3.63, 3.8) is 0 Å². The average molecular weight is 410 g/mol. The van der Waals surface area contributed by atoms with E-state index >= 15 is 0 Å². The van der Waals surface area contributed by atoms with Gasteiger partial charge in [-0.05, 0) is 55.3 Å². The van der Waals surface area contributed by atoms with Crippen molar-refractivity contribution in [2.45, 2.75) is 18.4 Å². The number of hydrogen-bond acceptors (Lipinski definition) is 4. The topological polar surface area (TPSA) is 78.8 Å². The lowest BCUT2D eigenvalue weighted by Gasteiger charge is -2.46. The van der Waals surface area contributed by atoms with E-state index in [2.05, 4.69) is 67.7 Å². The third-order valence-corrected chi connectivity index (χ3v) is 6.42. The number of pyridine rings is 1. The summed E-state index contributed by atoms with van der Waals surface area (Å²) >= 11 is 0. The smallest absolute Gasteiger partial charge is 0.271 e. The van der Waals surface area contributed by atoms with Gasteiger partial charge in [0, 0.05) is 31.2 Å². The minimum atomic E-state index is -0.165. The number of likely N-dealkylation sites (tertiary alicyclic amines) is 1. The van der Waals surface area contributed by atoms with Crippen molar-refractivity contribution in [2.75, 3.05) is 18.4 Å². The molecular formula is C24H22N6O. The maximum Gasteiger partial charge on any atom is 0.271 e. The van der Waals surface area contributed by atoms with Gasteiger partial charge >= 0.3 is 0 Å². The quantitative estimate of drug-likeness (QED) is 0.527. The Morgan fingerprint density at radius 3 is 2.65 bits per heavy atom. The summed E-state index contributed by atoms with van der Waals surface area (Å²) in [6.07, 6.45) is 5.54. The molecule has 0 bridgehead atoms. The molecule has 6 rings (SSSR count). The van der Waals surface area contributed by atoms with Crippen LogP contribution in [0, 0.1) is 0 Å². The summed E-state index contributed by atoms with van der Waals surface area (Å²) in [6.45, 7) is 1.36. The molecule has 0 aliphatic carbocycles. The Labute approximate surface area is 179 Å². The number of carbonyl (C=O) groups is 1. The van der Waals surface area contributed by atoms with Gasteiger partial charge in [-0.3, -0.25) is 14.9 Å². The van der Waals surface area contributed by atoms with E-state index in [1.165, 1.54) is 11.4 Å². The number of fused-ring (bicyclic) bond motifs is 4. The van der Waals surface area contributed by atoms with Crippen molar-refractivity contribution in [1.29, 1.82) is 0 Å². The minimum absolute atomic E-state index is 0.0175. The molecule has 1 spiro atoms. The van der Waals surface area contributed by atoms with Crippen LogP contribution in [0.4, 0.5) is 5.69 Å². The van der Waals surface area contributed by atoms with Crippen molar-refractivity contribution in [2.24, 2.45) is 0 Å². The highest BCUT2D eigenvalue weighted by molar-refractivity contribution is 5.93. The number of piperidine rings is 1. The fourth-order valence-electron chi connectivity index (χ4n) is 4.81. The van der Waals surface area contributed by atoms with Crippen molar-refractivity contribution in [3.05, 3.63) is 84.4 Å². The first kappa shape index (κ1) is 17.9. The van der Waals surface area contributed by atoms with Crippen molar-refractivity contribution in [3.8, 4) is 17.1 Å². The van der Waals surface area contributed by atoms with Crippen molar-refractivity contribution in [1.82, 2.24) is 24.6 Å². The number of hydrogen-bond donors (Lipinski definition) is 2. The number of nitrogens with one attached hydrogen (secondary N) is 2. The summed E-state index contributed by atoms with van der Waals surface area (Å²) in [5.74, 6) is -0.0175. The van der Waals surface area contributed by atoms with Gasteiger partial charge in [0.2, 0.25) is 0 Å². The number of nitrogens with zero attached hydrogens (tertiary/aromatic N) is 4. The van der Waals surface area contributed by atoms with Gasteiger partial charge in [0.05, 0.1) is 22.6 Å². The van der Waals surface area contributed by atoms with Crippen molar-refractivity contribution >= 4 is 11.6 Å². The molecule has 2 aliphatic heterocycles.